The van der Waals surface area contributed by atoms with Gasteiger partial charge in [-0.2, -0.15) is 5.10 Å². The molecule has 6 amide bonds. The van der Waals surface area contributed by atoms with Gasteiger partial charge in [0.2, 0.25) is 17.7 Å². The Morgan fingerprint density at radius 2 is 1.77 bits per heavy atom. The van der Waals surface area contributed by atoms with Gasteiger partial charge in [0, 0.05) is 85.6 Å². The molecule has 2 saturated heterocycles. The summed E-state index contributed by atoms with van der Waals surface area (Å²) >= 11 is 4.83. The normalized spacial score (nSPS) is 17.0. The lowest BCUT2D eigenvalue weighted by Crippen LogP contribution is -2.54. The van der Waals surface area contributed by atoms with E-state index in [-0.39, 0.29) is 47.2 Å². The van der Waals surface area contributed by atoms with Gasteiger partial charge in [-0.1, -0.05) is 11.3 Å². The number of aryl methyl sites for hydroxylation is 1. The van der Waals surface area contributed by atoms with E-state index in [2.05, 4.69) is 51.5 Å². The molecule has 0 spiro atoms. The first-order valence-electron chi connectivity index (χ1n) is 22.1. The molecule has 3 aliphatic rings. The first-order valence-corrected chi connectivity index (χ1v) is 22.5. The number of halogens is 3. The van der Waals surface area contributed by atoms with Crippen LogP contribution >= 0.6 is 11.6 Å². The summed E-state index contributed by atoms with van der Waals surface area (Å²) in [5, 5.41) is 26.5. The van der Waals surface area contributed by atoms with E-state index in [1.165, 1.54) is 36.5 Å². The molecule has 0 radical (unpaired) electrons. The van der Waals surface area contributed by atoms with Gasteiger partial charge in [-0.3, -0.25) is 44.1 Å². The van der Waals surface area contributed by atoms with Crippen molar-refractivity contribution in [3.8, 4) is 17.0 Å². The molecular formula is C45H47ClF2N12O9. The van der Waals surface area contributed by atoms with Gasteiger partial charge in [-0.05, 0) is 74.2 Å². The Morgan fingerprint density at radius 1 is 0.957 bits per heavy atom. The molecule has 5 aromatic rings. The van der Waals surface area contributed by atoms with E-state index < -0.39 is 41.1 Å². The first kappa shape index (κ1) is 48.1. The number of aromatic amines is 1. The molecule has 24 heteroatoms. The van der Waals surface area contributed by atoms with Gasteiger partial charge >= 0.3 is 5.57 Å². The van der Waals surface area contributed by atoms with Crippen molar-refractivity contribution in [1.29, 1.82) is 0 Å². The minimum atomic E-state index is -3.86. The fraction of sp³-hybridized carbons (Fsp3) is 0.378. The fourth-order valence-electron chi connectivity index (χ4n) is 8.14. The standard InChI is InChI=1S/C45H47ClF2N12O9/c46-45(47,48)69-31-9-7-28(8-10-31)53-41(63)27-23-33(34-13-15-51-56-34)40(50-24-27)58-17-14-29(25-58)52-37(61)6-1-3-30-26-59(57-55-30)18-20-68-22-21-67-19-16-49-35-5-2-4-32-39(35)44(66)60(43(32)65)36-11-12-38(62)54-42(36)64/h2,4-5,7-10,13,15,23-24,26,29,36,49H,1,3,6,11-12,14,16-22,25H2,(H,51,56)(H,52,61)(H,53,63)(H,54,62,64)/t29-,36?/m1/s1. The molecule has 3 aliphatic heterocycles. The number of carbonyl (C=O) groups is 6. The highest BCUT2D eigenvalue weighted by Crippen LogP contribution is 2.34. The molecule has 0 saturated carbocycles. The molecule has 8 rings (SSSR count). The van der Waals surface area contributed by atoms with Crippen LogP contribution in [0.3, 0.4) is 0 Å². The molecule has 69 heavy (non-hydrogen) atoms. The Balaban J connectivity index is 0.704. The molecule has 0 bridgehead atoms. The molecule has 0 aliphatic carbocycles. The van der Waals surface area contributed by atoms with Crippen LogP contribution in [0.15, 0.2) is 73.2 Å². The number of carbonyl (C=O) groups excluding carboxylic acids is 6. The summed E-state index contributed by atoms with van der Waals surface area (Å²) in [6.07, 6.45) is 7.10. The van der Waals surface area contributed by atoms with Gasteiger partial charge in [0.25, 0.3) is 17.7 Å². The van der Waals surface area contributed by atoms with Crippen LogP contribution in [-0.2, 0) is 36.8 Å². The van der Waals surface area contributed by atoms with Gasteiger partial charge < -0.3 is 35.1 Å². The predicted molar refractivity (Wildman–Crippen MR) is 243 cm³/mol. The van der Waals surface area contributed by atoms with Gasteiger partial charge in [0.1, 0.15) is 17.6 Å². The van der Waals surface area contributed by atoms with E-state index in [0.717, 1.165) is 10.6 Å². The van der Waals surface area contributed by atoms with Crippen LogP contribution in [0.4, 0.5) is 26.0 Å². The van der Waals surface area contributed by atoms with Crippen LogP contribution in [0.25, 0.3) is 11.3 Å². The average Bonchev–Trinajstić information content (AvgIpc) is 4.16. The monoisotopic (exact) mass is 972 g/mol. The van der Waals surface area contributed by atoms with Crippen molar-refractivity contribution in [2.24, 2.45) is 0 Å². The number of fused-ring (bicyclic) bond motifs is 1. The number of imide groups is 2. The molecule has 2 fully saturated rings. The maximum absolute atomic E-state index is 13.3. The Kier molecular flexibility index (Phi) is 15.1. The van der Waals surface area contributed by atoms with Gasteiger partial charge in [0.05, 0.1) is 61.1 Å². The van der Waals surface area contributed by atoms with Crippen molar-refractivity contribution in [3.63, 3.8) is 0 Å². The van der Waals surface area contributed by atoms with E-state index in [1.807, 2.05) is 11.1 Å². The van der Waals surface area contributed by atoms with Crippen molar-refractivity contribution in [2.45, 2.75) is 62.7 Å². The molecule has 362 valence electrons. The highest BCUT2D eigenvalue weighted by Gasteiger charge is 2.45. The van der Waals surface area contributed by atoms with E-state index in [9.17, 15) is 37.5 Å². The number of rotatable bonds is 22. The Labute approximate surface area is 397 Å². The van der Waals surface area contributed by atoms with E-state index in [4.69, 9.17) is 21.1 Å². The van der Waals surface area contributed by atoms with E-state index in [1.54, 1.807) is 35.1 Å². The molecular weight excluding hydrogens is 926 g/mol. The number of piperidine rings is 1. The Bertz CT molecular complexity index is 2680. The Morgan fingerprint density at radius 3 is 2.54 bits per heavy atom. The lowest BCUT2D eigenvalue weighted by atomic mass is 10.0. The number of amides is 6. The molecule has 5 N–H and O–H groups in total. The summed E-state index contributed by atoms with van der Waals surface area (Å²) in [5.74, 6) is -2.38. The summed E-state index contributed by atoms with van der Waals surface area (Å²) in [5.41, 5.74) is -0.427. The van der Waals surface area contributed by atoms with Gasteiger partial charge in [0.15, 0.2) is 0 Å². The molecule has 2 atom stereocenters. The lowest BCUT2D eigenvalue weighted by molar-refractivity contribution is -0.136. The third-order valence-corrected chi connectivity index (χ3v) is 11.5. The smallest absolute Gasteiger partial charge is 0.420 e. The number of aromatic nitrogens is 6. The van der Waals surface area contributed by atoms with E-state index in [0.29, 0.717) is 107 Å². The fourth-order valence-corrected chi connectivity index (χ4v) is 8.23. The zero-order chi connectivity index (χ0) is 48.5. The van der Waals surface area contributed by atoms with Crippen molar-refractivity contribution < 1.29 is 51.8 Å². The molecule has 6 heterocycles. The summed E-state index contributed by atoms with van der Waals surface area (Å²) in [7, 11) is 0. The van der Waals surface area contributed by atoms with Crippen LogP contribution in [-0.4, -0.2) is 134 Å². The SMILES string of the molecule is O=C1CCC(N2C(=O)c3cccc(NCCOCCOCCn4cc(CCCC(=O)N[C@@H]5CCN(c6ncc(C(=O)Nc7ccc(OC(F)(F)Cl)cc7)cc6-c6ccn[nH]6)C5)nn4)c3C2=O)C(=O)N1. The van der Waals surface area contributed by atoms with Crippen molar-refractivity contribution in [2.75, 3.05) is 61.6 Å². The number of nitrogens with zero attached hydrogens (tertiary/aromatic N) is 7. The zero-order valence-electron chi connectivity index (χ0n) is 36.9. The number of H-pyrrole nitrogens is 1. The maximum atomic E-state index is 13.3. The van der Waals surface area contributed by atoms with Crippen molar-refractivity contribution in [1.82, 2.24) is 45.7 Å². The zero-order valence-corrected chi connectivity index (χ0v) is 37.7. The summed E-state index contributed by atoms with van der Waals surface area (Å²) in [6.45, 7) is 3.24. The van der Waals surface area contributed by atoms with Crippen molar-refractivity contribution in [3.05, 3.63) is 95.6 Å². The number of ether oxygens (including phenoxy) is 3. The van der Waals surface area contributed by atoms with Crippen LogP contribution < -0.4 is 30.9 Å². The number of benzene rings is 2. The van der Waals surface area contributed by atoms with Crippen LogP contribution in [0, 0.1) is 0 Å². The van der Waals surface area contributed by atoms with Crippen molar-refractivity contribution >= 4 is 64.2 Å². The number of pyridine rings is 1. The highest BCUT2D eigenvalue weighted by atomic mass is 35.5. The lowest BCUT2D eigenvalue weighted by Gasteiger charge is -2.27. The summed E-state index contributed by atoms with van der Waals surface area (Å²) in [6, 6.07) is 12.5. The maximum Gasteiger partial charge on any atom is 0.487 e. The second kappa shape index (κ2) is 21.7. The van der Waals surface area contributed by atoms with Crippen LogP contribution in [0.5, 0.6) is 5.75 Å². The average molecular weight is 973 g/mol. The topological polar surface area (TPSA) is 257 Å². The largest absolute Gasteiger partial charge is 0.487 e. The highest BCUT2D eigenvalue weighted by molar-refractivity contribution is 6.25. The molecule has 1 unspecified atom stereocenters. The van der Waals surface area contributed by atoms with Gasteiger partial charge in [-0.25, -0.2) is 9.67 Å². The third-order valence-electron chi connectivity index (χ3n) is 11.4. The predicted octanol–water partition coefficient (Wildman–Crippen LogP) is 3.75. The number of hydrogen-bond acceptors (Lipinski definition) is 15. The molecule has 3 aromatic heterocycles. The van der Waals surface area contributed by atoms with E-state index >= 15 is 0 Å². The van der Waals surface area contributed by atoms with Crippen LogP contribution in [0.2, 0.25) is 0 Å². The minimum Gasteiger partial charge on any atom is -0.420 e. The second-order valence-corrected chi connectivity index (χ2v) is 16.7. The Hall–Kier alpha value is -7.37. The quantitative estimate of drug-likeness (QED) is 0.0376. The summed E-state index contributed by atoms with van der Waals surface area (Å²) in [4.78, 5) is 84.0. The first-order chi connectivity index (χ1) is 33.3. The minimum absolute atomic E-state index is 0.0425. The number of alkyl halides is 3. The molecule has 21 nitrogen and oxygen atoms in total. The second-order valence-electron chi connectivity index (χ2n) is 16.2. The third kappa shape index (κ3) is 12.2. The number of nitrogens with one attached hydrogen (secondary N) is 5. The number of hydrogen-bond donors (Lipinski definition) is 5. The van der Waals surface area contributed by atoms with Gasteiger partial charge in [-0.15, -0.1) is 13.9 Å². The number of anilines is 3. The van der Waals surface area contributed by atoms with Crippen LogP contribution in [0.1, 0.15) is 68.9 Å². The molecule has 2 aromatic carbocycles. The summed E-state index contributed by atoms with van der Waals surface area (Å²) < 4.78 is 43.3.